The highest BCUT2D eigenvalue weighted by atomic mass is 16.5. The van der Waals surface area contributed by atoms with E-state index >= 15 is 0 Å². The zero-order chi connectivity index (χ0) is 19.4. The molecule has 140 valence electrons. The second-order valence-electron chi connectivity index (χ2n) is 6.27. The van der Waals surface area contributed by atoms with Crippen molar-refractivity contribution in [3.63, 3.8) is 0 Å². The Morgan fingerprint density at radius 3 is 2.56 bits per heavy atom. The van der Waals surface area contributed by atoms with Crippen molar-refractivity contribution in [1.82, 2.24) is 14.9 Å². The van der Waals surface area contributed by atoms with Gasteiger partial charge in [0, 0.05) is 12.1 Å². The van der Waals surface area contributed by atoms with Gasteiger partial charge in [0.1, 0.15) is 0 Å². The summed E-state index contributed by atoms with van der Waals surface area (Å²) >= 11 is 0. The number of methoxy groups -OCH3 is 1. The topological polar surface area (TPSA) is 93.5 Å². The lowest BCUT2D eigenvalue weighted by atomic mass is 10.1. The minimum Gasteiger partial charge on any atom is -0.467 e. The van der Waals surface area contributed by atoms with E-state index in [0.717, 1.165) is 16.6 Å². The number of rotatable bonds is 6. The van der Waals surface area contributed by atoms with E-state index in [-0.39, 0.29) is 0 Å². The van der Waals surface area contributed by atoms with Crippen LogP contribution in [-0.4, -0.2) is 45.8 Å². The van der Waals surface area contributed by atoms with Crippen molar-refractivity contribution in [3.05, 3.63) is 66.0 Å². The highest BCUT2D eigenvalue weighted by molar-refractivity contribution is 5.97. The first kappa shape index (κ1) is 18.6. The fraction of sp³-hybridized carbons (Fsp3) is 0.250. The molecule has 0 aliphatic carbocycles. The van der Waals surface area contributed by atoms with Crippen LogP contribution in [0.2, 0.25) is 0 Å². The maximum atomic E-state index is 12.3. The number of amides is 1. The molecule has 0 aliphatic rings. The molecule has 27 heavy (non-hydrogen) atoms. The minimum absolute atomic E-state index is 0.392. The van der Waals surface area contributed by atoms with Gasteiger partial charge < -0.3 is 19.7 Å². The molecule has 2 unspecified atom stereocenters. The van der Waals surface area contributed by atoms with Crippen LogP contribution >= 0.6 is 0 Å². The van der Waals surface area contributed by atoms with Crippen molar-refractivity contribution < 1.29 is 19.4 Å². The van der Waals surface area contributed by atoms with Gasteiger partial charge in [-0.05, 0) is 36.8 Å². The summed E-state index contributed by atoms with van der Waals surface area (Å²) in [4.78, 5) is 28.4. The van der Waals surface area contributed by atoms with Crippen LogP contribution in [0.4, 0.5) is 0 Å². The first-order valence-corrected chi connectivity index (χ1v) is 8.55. The predicted molar refractivity (Wildman–Crippen MR) is 100 cm³/mol. The van der Waals surface area contributed by atoms with Gasteiger partial charge in [-0.2, -0.15) is 0 Å². The number of aliphatic hydroxyl groups excluding tert-OH is 1. The molecule has 7 heteroatoms. The van der Waals surface area contributed by atoms with E-state index in [1.807, 2.05) is 41.0 Å². The number of benzene rings is 2. The van der Waals surface area contributed by atoms with Crippen molar-refractivity contribution in [2.45, 2.75) is 25.6 Å². The highest BCUT2D eigenvalue weighted by Crippen LogP contribution is 2.14. The molecule has 2 aromatic carbocycles. The molecule has 0 saturated heterocycles. The van der Waals surface area contributed by atoms with Crippen LogP contribution in [0.1, 0.15) is 22.8 Å². The fourth-order valence-corrected chi connectivity index (χ4v) is 2.82. The van der Waals surface area contributed by atoms with Gasteiger partial charge in [0.15, 0.2) is 6.04 Å². The number of aliphatic hydroxyl groups is 1. The Kier molecular flexibility index (Phi) is 5.52. The zero-order valence-electron chi connectivity index (χ0n) is 15.1. The molecule has 2 atom stereocenters. The average molecular weight is 367 g/mol. The monoisotopic (exact) mass is 367 g/mol. The maximum Gasteiger partial charge on any atom is 0.331 e. The lowest BCUT2D eigenvalue weighted by Gasteiger charge is -2.19. The number of carbonyl (C=O) groups is 2. The third-order valence-electron chi connectivity index (χ3n) is 4.32. The summed E-state index contributed by atoms with van der Waals surface area (Å²) in [6.07, 6.45) is 0.727. The molecule has 1 amide bonds. The van der Waals surface area contributed by atoms with Gasteiger partial charge in [0.2, 0.25) is 0 Å². The molecular weight excluding hydrogens is 346 g/mol. The molecule has 2 N–H and O–H groups in total. The molecule has 0 radical (unpaired) electrons. The van der Waals surface area contributed by atoms with E-state index in [2.05, 4.69) is 15.0 Å². The quantitative estimate of drug-likeness (QED) is 0.647. The molecule has 0 fully saturated rings. The van der Waals surface area contributed by atoms with Crippen molar-refractivity contribution in [1.29, 1.82) is 0 Å². The second kappa shape index (κ2) is 8.01. The number of nitrogens with zero attached hydrogens (tertiary/aromatic N) is 2. The summed E-state index contributed by atoms with van der Waals surface area (Å²) < 4.78 is 6.63. The van der Waals surface area contributed by atoms with Crippen molar-refractivity contribution >= 4 is 22.9 Å². The lowest BCUT2D eigenvalue weighted by Crippen LogP contribution is -2.48. The van der Waals surface area contributed by atoms with E-state index in [1.54, 1.807) is 18.5 Å². The van der Waals surface area contributed by atoms with Crippen LogP contribution in [0.25, 0.3) is 11.0 Å². The summed E-state index contributed by atoms with van der Waals surface area (Å²) in [7, 11) is 1.21. The third kappa shape index (κ3) is 4.15. The van der Waals surface area contributed by atoms with Gasteiger partial charge in [-0.3, -0.25) is 4.79 Å². The van der Waals surface area contributed by atoms with Crippen LogP contribution < -0.4 is 5.32 Å². The molecule has 3 rings (SSSR count). The molecule has 1 heterocycles. The number of ether oxygens (including phenoxy) is 1. The first-order valence-electron chi connectivity index (χ1n) is 8.55. The Labute approximate surface area is 156 Å². The van der Waals surface area contributed by atoms with Gasteiger partial charge in [-0.15, -0.1) is 0 Å². The normalized spacial score (nSPS) is 13.1. The molecule has 3 aromatic rings. The Morgan fingerprint density at radius 2 is 1.89 bits per heavy atom. The summed E-state index contributed by atoms with van der Waals surface area (Å²) in [5.41, 5.74) is 3.37. The molecule has 0 saturated carbocycles. The SMILES string of the molecule is COC(=O)C(NC(=O)c1ccc(Cn2cnc3ccccc32)cc1)C(C)O. The average Bonchev–Trinajstić information content (AvgIpc) is 3.08. The largest absolute Gasteiger partial charge is 0.467 e. The fourth-order valence-electron chi connectivity index (χ4n) is 2.82. The van der Waals surface area contributed by atoms with Gasteiger partial charge in [0.05, 0.1) is 30.6 Å². The standard InChI is InChI=1S/C20H21N3O4/c1-13(24)18(20(26)27-2)22-19(25)15-9-7-14(8-10-15)11-23-12-21-16-5-3-4-6-17(16)23/h3-10,12-13,18,24H,11H2,1-2H3,(H,22,25). The van der Waals surface area contributed by atoms with E-state index in [1.165, 1.54) is 14.0 Å². The number of esters is 1. The van der Waals surface area contributed by atoms with Crippen LogP contribution in [0.3, 0.4) is 0 Å². The van der Waals surface area contributed by atoms with Crippen molar-refractivity contribution in [3.8, 4) is 0 Å². The van der Waals surface area contributed by atoms with E-state index in [4.69, 9.17) is 0 Å². The molecule has 0 bridgehead atoms. The second-order valence-corrected chi connectivity index (χ2v) is 6.27. The number of nitrogens with one attached hydrogen (secondary N) is 1. The first-order chi connectivity index (χ1) is 13.0. The van der Waals surface area contributed by atoms with Crippen LogP contribution in [0.15, 0.2) is 54.9 Å². The number of fused-ring (bicyclic) bond motifs is 1. The minimum atomic E-state index is -1.11. The molecular formula is C20H21N3O4. The number of para-hydroxylation sites is 2. The van der Waals surface area contributed by atoms with E-state index in [0.29, 0.717) is 12.1 Å². The maximum absolute atomic E-state index is 12.3. The predicted octanol–water partition coefficient (Wildman–Crippen LogP) is 1.74. The molecule has 1 aromatic heterocycles. The lowest BCUT2D eigenvalue weighted by molar-refractivity contribution is -0.145. The van der Waals surface area contributed by atoms with E-state index in [9.17, 15) is 14.7 Å². The highest BCUT2D eigenvalue weighted by Gasteiger charge is 2.26. The summed E-state index contributed by atoms with van der Waals surface area (Å²) in [6, 6.07) is 13.8. The Bertz CT molecular complexity index is 947. The molecule has 0 aliphatic heterocycles. The zero-order valence-corrected chi connectivity index (χ0v) is 15.1. The Balaban J connectivity index is 1.71. The van der Waals surface area contributed by atoms with Crippen molar-refractivity contribution in [2.24, 2.45) is 0 Å². The third-order valence-corrected chi connectivity index (χ3v) is 4.32. The van der Waals surface area contributed by atoms with Crippen LogP contribution in [0, 0.1) is 0 Å². The molecule has 7 nitrogen and oxygen atoms in total. The van der Waals surface area contributed by atoms with Gasteiger partial charge in [0.25, 0.3) is 5.91 Å². The Hall–Kier alpha value is -3.19. The summed E-state index contributed by atoms with van der Waals surface area (Å²) in [5.74, 6) is -1.15. The number of imidazole rings is 1. The van der Waals surface area contributed by atoms with Crippen molar-refractivity contribution in [2.75, 3.05) is 7.11 Å². The summed E-state index contributed by atoms with van der Waals surface area (Å²) in [5, 5.41) is 12.2. The van der Waals surface area contributed by atoms with Crippen LogP contribution in [0.5, 0.6) is 0 Å². The van der Waals surface area contributed by atoms with Crippen LogP contribution in [-0.2, 0) is 16.1 Å². The number of carbonyl (C=O) groups excluding carboxylic acids is 2. The van der Waals surface area contributed by atoms with Gasteiger partial charge in [-0.1, -0.05) is 24.3 Å². The number of hydrogen-bond donors (Lipinski definition) is 2. The summed E-state index contributed by atoms with van der Waals surface area (Å²) in [6.45, 7) is 2.04. The van der Waals surface area contributed by atoms with Gasteiger partial charge in [-0.25, -0.2) is 9.78 Å². The van der Waals surface area contributed by atoms with E-state index < -0.39 is 24.0 Å². The number of hydrogen-bond acceptors (Lipinski definition) is 5. The van der Waals surface area contributed by atoms with Gasteiger partial charge >= 0.3 is 5.97 Å². The molecule has 0 spiro atoms. The smallest absolute Gasteiger partial charge is 0.331 e. The number of aromatic nitrogens is 2. The Morgan fingerprint density at radius 1 is 1.19 bits per heavy atom.